The summed E-state index contributed by atoms with van der Waals surface area (Å²) in [4.78, 5) is 0. The minimum absolute atomic E-state index is 0.101. The number of benzene rings is 1. The number of fused-ring (bicyclic) bond motifs is 1. The first kappa shape index (κ1) is 15.4. The normalized spacial score (nSPS) is 28.2. The molecule has 1 aliphatic carbocycles. The van der Waals surface area contributed by atoms with E-state index in [-0.39, 0.29) is 5.60 Å². The van der Waals surface area contributed by atoms with E-state index in [9.17, 15) is 0 Å². The van der Waals surface area contributed by atoms with E-state index in [0.29, 0.717) is 12.1 Å². The minimum atomic E-state index is 0.101. The summed E-state index contributed by atoms with van der Waals surface area (Å²) in [7, 11) is 0. The van der Waals surface area contributed by atoms with Gasteiger partial charge in [-0.15, -0.1) is 0 Å². The average Bonchev–Trinajstić information content (AvgIpc) is 3.06. The molecule has 1 spiro atoms. The van der Waals surface area contributed by atoms with Gasteiger partial charge in [0.1, 0.15) is 11.4 Å². The molecule has 4 nitrogen and oxygen atoms in total. The van der Waals surface area contributed by atoms with Crippen molar-refractivity contribution in [1.82, 2.24) is 5.32 Å². The van der Waals surface area contributed by atoms with E-state index in [0.717, 1.165) is 51.4 Å². The highest BCUT2D eigenvalue weighted by atomic mass is 16.5. The van der Waals surface area contributed by atoms with Gasteiger partial charge in [0, 0.05) is 31.2 Å². The number of nitrogens with one attached hydrogen (secondary N) is 1. The molecule has 1 saturated heterocycles. The fraction of sp³-hybridized carbons (Fsp3) is 0.684. The van der Waals surface area contributed by atoms with Gasteiger partial charge in [-0.05, 0) is 44.7 Å². The Morgan fingerprint density at radius 3 is 2.96 bits per heavy atom. The quantitative estimate of drug-likeness (QED) is 0.818. The Hall–Kier alpha value is -1.10. The van der Waals surface area contributed by atoms with Crippen molar-refractivity contribution in [2.75, 3.05) is 26.4 Å². The first-order valence-electron chi connectivity index (χ1n) is 9.05. The monoisotopic (exact) mass is 317 g/mol. The number of rotatable bonds is 6. The fourth-order valence-corrected chi connectivity index (χ4v) is 3.92. The van der Waals surface area contributed by atoms with Gasteiger partial charge >= 0.3 is 0 Å². The lowest BCUT2D eigenvalue weighted by atomic mass is 9.73. The van der Waals surface area contributed by atoms with Gasteiger partial charge in [-0.3, -0.25) is 0 Å². The third kappa shape index (κ3) is 3.39. The van der Waals surface area contributed by atoms with Crippen molar-refractivity contribution in [1.29, 1.82) is 0 Å². The summed E-state index contributed by atoms with van der Waals surface area (Å²) in [5, 5.41) is 3.74. The van der Waals surface area contributed by atoms with Gasteiger partial charge < -0.3 is 19.5 Å². The first-order valence-corrected chi connectivity index (χ1v) is 9.05. The van der Waals surface area contributed by atoms with Crippen LogP contribution >= 0.6 is 0 Å². The molecule has 1 aromatic carbocycles. The predicted octanol–water partition coefficient (Wildman–Crippen LogP) is 3.22. The van der Waals surface area contributed by atoms with Crippen molar-refractivity contribution in [2.45, 2.75) is 56.3 Å². The van der Waals surface area contributed by atoms with Crippen LogP contribution < -0.4 is 10.1 Å². The van der Waals surface area contributed by atoms with E-state index < -0.39 is 0 Å². The zero-order valence-corrected chi connectivity index (χ0v) is 13.8. The van der Waals surface area contributed by atoms with E-state index in [4.69, 9.17) is 14.2 Å². The largest absolute Gasteiger partial charge is 0.487 e. The maximum Gasteiger partial charge on any atom is 0.124 e. The molecule has 2 aliphatic heterocycles. The van der Waals surface area contributed by atoms with Crippen LogP contribution in [0.1, 0.15) is 50.1 Å². The molecule has 2 atom stereocenters. The molecule has 126 valence electrons. The van der Waals surface area contributed by atoms with Crippen LogP contribution in [0.4, 0.5) is 0 Å². The summed E-state index contributed by atoms with van der Waals surface area (Å²) in [6, 6.07) is 8.91. The second kappa shape index (κ2) is 6.80. The smallest absolute Gasteiger partial charge is 0.124 e. The SMILES string of the molecule is c1ccc2c(c1)OC1(CCC1)C[C@@H]2NCCCO[C@@H]1CCOC1. The van der Waals surface area contributed by atoms with Gasteiger partial charge in [-0.2, -0.15) is 0 Å². The summed E-state index contributed by atoms with van der Waals surface area (Å²) in [5.41, 5.74) is 1.42. The molecule has 1 aromatic rings. The molecule has 3 aliphatic rings. The van der Waals surface area contributed by atoms with Crippen LogP contribution in [0.15, 0.2) is 24.3 Å². The van der Waals surface area contributed by atoms with Crippen LogP contribution in [0.5, 0.6) is 5.75 Å². The summed E-state index contributed by atoms with van der Waals surface area (Å²) in [6.45, 7) is 3.42. The molecule has 4 rings (SSSR count). The Kier molecular flexibility index (Phi) is 4.56. The van der Waals surface area contributed by atoms with Crippen molar-refractivity contribution in [3.05, 3.63) is 29.8 Å². The third-order valence-corrected chi connectivity index (χ3v) is 5.42. The fourth-order valence-electron chi connectivity index (χ4n) is 3.92. The summed E-state index contributed by atoms with van der Waals surface area (Å²) >= 11 is 0. The maximum atomic E-state index is 6.30. The third-order valence-electron chi connectivity index (χ3n) is 5.42. The van der Waals surface area contributed by atoms with Gasteiger partial charge in [0.2, 0.25) is 0 Å². The van der Waals surface area contributed by atoms with Crippen LogP contribution in [0.3, 0.4) is 0 Å². The van der Waals surface area contributed by atoms with Crippen molar-refractivity contribution in [3.63, 3.8) is 0 Å². The molecule has 23 heavy (non-hydrogen) atoms. The van der Waals surface area contributed by atoms with Crippen molar-refractivity contribution >= 4 is 0 Å². The number of ether oxygens (including phenoxy) is 3. The van der Waals surface area contributed by atoms with Gasteiger partial charge in [0.15, 0.2) is 0 Å². The molecule has 2 heterocycles. The van der Waals surface area contributed by atoms with Crippen molar-refractivity contribution < 1.29 is 14.2 Å². The average molecular weight is 317 g/mol. The number of hydrogen-bond donors (Lipinski definition) is 1. The van der Waals surface area contributed by atoms with E-state index in [1.54, 1.807) is 0 Å². The van der Waals surface area contributed by atoms with E-state index >= 15 is 0 Å². The van der Waals surface area contributed by atoms with Crippen molar-refractivity contribution in [3.8, 4) is 5.75 Å². The first-order chi connectivity index (χ1) is 11.3. The van der Waals surface area contributed by atoms with Crippen molar-refractivity contribution in [2.24, 2.45) is 0 Å². The van der Waals surface area contributed by atoms with E-state index in [1.807, 2.05) is 0 Å². The number of para-hydroxylation sites is 1. The lowest BCUT2D eigenvalue weighted by Crippen LogP contribution is -2.49. The highest BCUT2D eigenvalue weighted by Gasteiger charge is 2.45. The maximum absolute atomic E-state index is 6.30. The van der Waals surface area contributed by atoms with E-state index in [2.05, 4.69) is 29.6 Å². The molecule has 0 unspecified atom stereocenters. The molecule has 4 heteroatoms. The summed E-state index contributed by atoms with van der Waals surface area (Å²) < 4.78 is 17.5. The van der Waals surface area contributed by atoms with Crippen LogP contribution in [-0.4, -0.2) is 38.1 Å². The topological polar surface area (TPSA) is 39.7 Å². The molecule has 0 aromatic heterocycles. The second-order valence-electron chi connectivity index (χ2n) is 7.10. The van der Waals surface area contributed by atoms with Gasteiger partial charge in [0.25, 0.3) is 0 Å². The van der Waals surface area contributed by atoms with E-state index in [1.165, 1.54) is 24.8 Å². The lowest BCUT2D eigenvalue weighted by Gasteiger charge is -2.48. The van der Waals surface area contributed by atoms with Crippen LogP contribution in [0.25, 0.3) is 0 Å². The highest BCUT2D eigenvalue weighted by molar-refractivity contribution is 5.39. The lowest BCUT2D eigenvalue weighted by molar-refractivity contribution is -0.0371. The summed E-state index contributed by atoms with van der Waals surface area (Å²) in [6.07, 6.45) is 7.20. The molecule has 0 radical (unpaired) electrons. The van der Waals surface area contributed by atoms with Crippen LogP contribution in [0.2, 0.25) is 0 Å². The van der Waals surface area contributed by atoms with Gasteiger partial charge in [0.05, 0.1) is 12.7 Å². The highest BCUT2D eigenvalue weighted by Crippen LogP contribution is 2.48. The molecule has 0 bridgehead atoms. The van der Waals surface area contributed by atoms with Gasteiger partial charge in [-0.1, -0.05) is 18.2 Å². The number of hydrogen-bond acceptors (Lipinski definition) is 4. The Balaban J connectivity index is 1.29. The van der Waals surface area contributed by atoms with Crippen LogP contribution in [0, 0.1) is 0 Å². The minimum Gasteiger partial charge on any atom is -0.487 e. The molecule has 2 fully saturated rings. The zero-order chi connectivity index (χ0) is 15.5. The molecular weight excluding hydrogens is 290 g/mol. The molecule has 0 amide bonds. The Labute approximate surface area is 138 Å². The second-order valence-corrected chi connectivity index (χ2v) is 7.10. The zero-order valence-electron chi connectivity index (χ0n) is 13.8. The van der Waals surface area contributed by atoms with Crippen LogP contribution in [-0.2, 0) is 9.47 Å². The molecule has 1 N–H and O–H groups in total. The Morgan fingerprint density at radius 1 is 1.26 bits per heavy atom. The Morgan fingerprint density at radius 2 is 2.17 bits per heavy atom. The molecular formula is C19H27NO3. The summed E-state index contributed by atoms with van der Waals surface area (Å²) in [5.74, 6) is 1.08. The Bertz CT molecular complexity index is 523. The molecule has 1 saturated carbocycles. The van der Waals surface area contributed by atoms with Gasteiger partial charge in [-0.25, -0.2) is 0 Å². The predicted molar refractivity (Wildman–Crippen MR) is 88.8 cm³/mol. The standard InChI is InChI=1S/C19H27NO3/c1-2-6-18-16(5-1)17(13-19(23-18)8-3-9-19)20-10-4-11-22-15-7-12-21-14-15/h1-2,5-6,15,17,20H,3-4,7-14H2/t15-,17+/m1/s1.